The molecule has 17 heavy (non-hydrogen) atoms. The minimum atomic E-state index is -0.477. The lowest BCUT2D eigenvalue weighted by molar-refractivity contribution is -0.121. The molecule has 0 aliphatic rings. The Bertz CT molecular complexity index is 421. The fraction of sp³-hybridized carbons (Fsp3) is 0.417. The van der Waals surface area contributed by atoms with E-state index in [9.17, 15) is 4.79 Å². The van der Waals surface area contributed by atoms with E-state index in [1.807, 2.05) is 13.8 Å². The van der Waals surface area contributed by atoms with Gasteiger partial charge in [0.15, 0.2) is 0 Å². The molecule has 0 saturated carbocycles. The Morgan fingerprint density at radius 3 is 2.76 bits per heavy atom. The zero-order valence-corrected chi connectivity index (χ0v) is 12.4. The minimum absolute atomic E-state index is 0.111. The van der Waals surface area contributed by atoms with Gasteiger partial charge in [0.05, 0.1) is 17.7 Å². The number of amides is 1. The number of carbonyl (C=O) groups is 1. The summed E-state index contributed by atoms with van der Waals surface area (Å²) in [5, 5.41) is 3.37. The molecule has 0 heterocycles. The van der Waals surface area contributed by atoms with E-state index in [0.29, 0.717) is 10.7 Å². The van der Waals surface area contributed by atoms with Crippen molar-refractivity contribution in [3.63, 3.8) is 0 Å². The number of halogens is 2. The van der Waals surface area contributed by atoms with Crippen molar-refractivity contribution in [3.05, 3.63) is 27.7 Å². The van der Waals surface area contributed by atoms with Gasteiger partial charge in [-0.1, -0.05) is 11.6 Å². The molecule has 0 radical (unpaired) electrons. The summed E-state index contributed by atoms with van der Waals surface area (Å²) in [6.07, 6.45) is 0.280. The number of nitrogens with one attached hydrogen (secondary N) is 1. The van der Waals surface area contributed by atoms with Crippen LogP contribution in [0.1, 0.15) is 20.3 Å². The molecule has 5 heteroatoms. The van der Waals surface area contributed by atoms with Crippen LogP contribution in [-0.2, 0) is 9.53 Å². The van der Waals surface area contributed by atoms with E-state index in [0.717, 1.165) is 4.47 Å². The first-order valence-corrected chi connectivity index (χ1v) is 6.31. The Kier molecular flexibility index (Phi) is 4.98. The van der Waals surface area contributed by atoms with Crippen LogP contribution < -0.4 is 5.32 Å². The second-order valence-electron chi connectivity index (χ2n) is 4.31. The van der Waals surface area contributed by atoms with Crippen LogP contribution in [-0.4, -0.2) is 18.6 Å². The molecular weight excluding hydrogens is 305 g/mol. The molecule has 0 aromatic heterocycles. The molecule has 0 aliphatic carbocycles. The van der Waals surface area contributed by atoms with E-state index in [2.05, 4.69) is 21.2 Å². The summed E-state index contributed by atoms with van der Waals surface area (Å²) in [7, 11) is 1.59. The molecular formula is C12H15BrClNO2. The van der Waals surface area contributed by atoms with Gasteiger partial charge in [0, 0.05) is 16.6 Å². The van der Waals surface area contributed by atoms with Gasteiger partial charge in [-0.15, -0.1) is 0 Å². The first kappa shape index (κ1) is 14.5. The number of ether oxygens (including phenoxy) is 1. The average molecular weight is 321 g/mol. The normalized spacial score (nSPS) is 11.4. The molecule has 0 fully saturated rings. The summed E-state index contributed by atoms with van der Waals surface area (Å²) < 4.78 is 6.00. The van der Waals surface area contributed by atoms with Gasteiger partial charge in [-0.25, -0.2) is 0 Å². The first-order valence-electron chi connectivity index (χ1n) is 5.14. The molecule has 94 valence electrons. The van der Waals surface area contributed by atoms with Crippen molar-refractivity contribution in [1.82, 2.24) is 0 Å². The van der Waals surface area contributed by atoms with Crippen molar-refractivity contribution in [1.29, 1.82) is 0 Å². The highest BCUT2D eigenvalue weighted by atomic mass is 79.9. The maximum absolute atomic E-state index is 11.8. The second kappa shape index (κ2) is 5.85. The third-order valence-electron chi connectivity index (χ3n) is 2.34. The maximum atomic E-state index is 11.8. The van der Waals surface area contributed by atoms with Gasteiger partial charge in [0.1, 0.15) is 0 Å². The summed E-state index contributed by atoms with van der Waals surface area (Å²) in [5.74, 6) is -0.111. The Labute approximate surface area is 115 Å². The number of anilines is 1. The molecule has 1 aromatic carbocycles. The van der Waals surface area contributed by atoms with Crippen LogP contribution >= 0.6 is 27.5 Å². The van der Waals surface area contributed by atoms with Crippen LogP contribution in [0.5, 0.6) is 0 Å². The van der Waals surface area contributed by atoms with Crippen LogP contribution in [0.15, 0.2) is 22.7 Å². The molecule has 1 N–H and O–H groups in total. The van der Waals surface area contributed by atoms with E-state index in [1.54, 1.807) is 25.3 Å². The van der Waals surface area contributed by atoms with Gasteiger partial charge in [0.2, 0.25) is 5.91 Å². The van der Waals surface area contributed by atoms with Crippen molar-refractivity contribution < 1.29 is 9.53 Å². The Hall–Kier alpha value is -0.580. The van der Waals surface area contributed by atoms with Crippen LogP contribution in [0, 0.1) is 0 Å². The van der Waals surface area contributed by atoms with Gasteiger partial charge < -0.3 is 10.1 Å². The summed E-state index contributed by atoms with van der Waals surface area (Å²) in [6.45, 7) is 3.72. The number of rotatable bonds is 4. The quantitative estimate of drug-likeness (QED) is 0.915. The predicted octanol–water partition coefficient (Wildman–Crippen LogP) is 3.86. The van der Waals surface area contributed by atoms with E-state index < -0.39 is 5.60 Å². The molecule has 0 spiro atoms. The number of methoxy groups -OCH3 is 1. The Morgan fingerprint density at radius 2 is 2.18 bits per heavy atom. The zero-order chi connectivity index (χ0) is 13.1. The van der Waals surface area contributed by atoms with Gasteiger partial charge in [0.25, 0.3) is 0 Å². The molecule has 0 atom stereocenters. The lowest BCUT2D eigenvalue weighted by atomic mass is 10.0. The van der Waals surface area contributed by atoms with Crippen molar-refractivity contribution in [3.8, 4) is 0 Å². The molecule has 3 nitrogen and oxygen atoms in total. The Morgan fingerprint density at radius 1 is 1.53 bits per heavy atom. The van der Waals surface area contributed by atoms with E-state index in [4.69, 9.17) is 16.3 Å². The van der Waals surface area contributed by atoms with E-state index >= 15 is 0 Å². The predicted molar refractivity (Wildman–Crippen MR) is 73.5 cm³/mol. The topological polar surface area (TPSA) is 38.3 Å². The van der Waals surface area contributed by atoms with Crippen molar-refractivity contribution in [2.24, 2.45) is 0 Å². The number of hydrogen-bond acceptors (Lipinski definition) is 2. The van der Waals surface area contributed by atoms with Crippen LogP contribution in [0.3, 0.4) is 0 Å². The smallest absolute Gasteiger partial charge is 0.227 e. The number of hydrogen-bond donors (Lipinski definition) is 1. The molecule has 1 aromatic rings. The summed E-state index contributed by atoms with van der Waals surface area (Å²) >= 11 is 9.21. The molecule has 0 aliphatic heterocycles. The lowest BCUT2D eigenvalue weighted by Crippen LogP contribution is -2.29. The summed E-state index contributed by atoms with van der Waals surface area (Å²) in [5.41, 5.74) is 0.184. The van der Waals surface area contributed by atoms with E-state index in [1.165, 1.54) is 0 Å². The highest BCUT2D eigenvalue weighted by Crippen LogP contribution is 2.26. The molecule has 0 saturated heterocycles. The zero-order valence-electron chi connectivity index (χ0n) is 10.0. The average Bonchev–Trinajstić information content (AvgIpc) is 2.23. The third kappa shape index (κ3) is 4.66. The molecule has 0 unspecified atom stereocenters. The molecule has 0 bridgehead atoms. The fourth-order valence-corrected chi connectivity index (χ4v) is 1.76. The van der Waals surface area contributed by atoms with Crippen molar-refractivity contribution >= 4 is 39.1 Å². The van der Waals surface area contributed by atoms with E-state index in [-0.39, 0.29) is 12.3 Å². The van der Waals surface area contributed by atoms with Crippen LogP contribution in [0.4, 0.5) is 5.69 Å². The second-order valence-corrected chi connectivity index (χ2v) is 5.60. The van der Waals surface area contributed by atoms with Crippen LogP contribution in [0.2, 0.25) is 5.02 Å². The minimum Gasteiger partial charge on any atom is -0.378 e. The monoisotopic (exact) mass is 319 g/mol. The Balaban J connectivity index is 2.71. The standard InChI is InChI=1S/C12H15BrClNO2/c1-12(2,17-3)7-11(16)15-10-6-8(14)4-5-9(10)13/h4-6H,7H2,1-3H3,(H,15,16). The first-order chi connectivity index (χ1) is 7.84. The lowest BCUT2D eigenvalue weighted by Gasteiger charge is -2.22. The summed E-state index contributed by atoms with van der Waals surface area (Å²) in [6, 6.07) is 5.24. The largest absolute Gasteiger partial charge is 0.378 e. The van der Waals surface area contributed by atoms with Gasteiger partial charge in [-0.3, -0.25) is 4.79 Å². The summed E-state index contributed by atoms with van der Waals surface area (Å²) in [4.78, 5) is 11.8. The van der Waals surface area contributed by atoms with Crippen LogP contribution in [0.25, 0.3) is 0 Å². The molecule has 1 rings (SSSR count). The fourth-order valence-electron chi connectivity index (χ4n) is 1.25. The third-order valence-corrected chi connectivity index (χ3v) is 3.27. The molecule has 1 amide bonds. The van der Waals surface area contributed by atoms with Gasteiger partial charge in [-0.05, 0) is 48.0 Å². The maximum Gasteiger partial charge on any atom is 0.227 e. The van der Waals surface area contributed by atoms with Crippen molar-refractivity contribution in [2.75, 3.05) is 12.4 Å². The van der Waals surface area contributed by atoms with Gasteiger partial charge in [-0.2, -0.15) is 0 Å². The number of benzene rings is 1. The van der Waals surface area contributed by atoms with Crippen molar-refractivity contribution in [2.45, 2.75) is 25.9 Å². The number of carbonyl (C=O) groups excluding carboxylic acids is 1. The van der Waals surface area contributed by atoms with Gasteiger partial charge >= 0.3 is 0 Å². The highest BCUT2D eigenvalue weighted by molar-refractivity contribution is 9.10. The SMILES string of the molecule is COC(C)(C)CC(=O)Nc1cc(Cl)ccc1Br. The highest BCUT2D eigenvalue weighted by Gasteiger charge is 2.21.